The van der Waals surface area contributed by atoms with E-state index in [1.54, 1.807) is 0 Å². The molecule has 0 unspecified atom stereocenters. The van der Waals surface area contributed by atoms with Crippen molar-refractivity contribution in [2.75, 3.05) is 0 Å². The molecule has 71 heavy (non-hydrogen) atoms. The van der Waals surface area contributed by atoms with E-state index in [0.29, 0.717) is 39.5 Å². The number of benzene rings is 10. The fraction of sp³-hybridized carbons (Fsp3) is 0.0312. The van der Waals surface area contributed by atoms with E-state index in [-0.39, 0.29) is 0 Å². The van der Waals surface area contributed by atoms with Gasteiger partial charge < -0.3 is 22.7 Å². The lowest BCUT2D eigenvalue weighted by atomic mass is 9.98. The first-order chi connectivity index (χ1) is 35.0. The number of nitrogens with zero attached hydrogens (tertiary/aromatic N) is 6. The van der Waals surface area contributed by atoms with Crippen LogP contribution in [0.4, 0.5) is 0 Å². The molecule has 0 aliphatic rings. The second kappa shape index (κ2) is 14.4. The second-order valence-electron chi connectivity index (χ2n) is 18.7. The van der Waals surface area contributed by atoms with Gasteiger partial charge in [0.15, 0.2) is 5.58 Å². The molecular weight excluding hydrogens is 869 g/mol. The minimum Gasteiger partial charge on any atom is -0.454 e. The summed E-state index contributed by atoms with van der Waals surface area (Å²) in [5.41, 5.74) is 14.1. The van der Waals surface area contributed by atoms with E-state index in [1.165, 1.54) is 0 Å². The maximum Gasteiger partial charge on any atom is 0.160 e. The molecule has 0 spiro atoms. The quantitative estimate of drug-likeness (QED) is 0.176. The van der Waals surface area contributed by atoms with Crippen LogP contribution < -0.4 is 0 Å². The highest BCUT2D eigenvalue weighted by atomic mass is 16.3. The summed E-state index contributed by atoms with van der Waals surface area (Å²) in [7, 11) is 0. The van der Waals surface area contributed by atoms with Crippen molar-refractivity contribution >= 4 is 109 Å². The average Bonchev–Trinajstić information content (AvgIpc) is 4.21. The number of hydrogen-bond donors (Lipinski definition) is 0. The van der Waals surface area contributed by atoms with Gasteiger partial charge in [0, 0.05) is 53.9 Å². The summed E-state index contributed by atoms with van der Waals surface area (Å²) in [6.45, 7) is 4.28. The van der Waals surface area contributed by atoms with Gasteiger partial charge in [-0.1, -0.05) is 145 Å². The molecule has 7 nitrogen and oxygen atoms in total. The van der Waals surface area contributed by atoms with Gasteiger partial charge in [-0.2, -0.15) is 10.5 Å². The molecule has 5 aromatic heterocycles. The zero-order chi connectivity index (χ0) is 47.2. The molecule has 0 aliphatic carbocycles. The number of hydrogen-bond acceptors (Lipinski definition) is 3. The Morgan fingerprint density at radius 1 is 0.338 bits per heavy atom. The predicted octanol–water partition coefficient (Wildman–Crippen LogP) is 16.3. The number of nitriles is 2. The van der Waals surface area contributed by atoms with Crippen molar-refractivity contribution < 1.29 is 4.42 Å². The lowest BCUT2D eigenvalue weighted by molar-refractivity contribution is 0.671. The van der Waals surface area contributed by atoms with Crippen LogP contribution in [0.5, 0.6) is 0 Å². The van der Waals surface area contributed by atoms with Crippen LogP contribution in [0, 0.1) is 36.5 Å². The molecule has 0 N–H and O–H groups in total. The first kappa shape index (κ1) is 39.2. The van der Waals surface area contributed by atoms with Crippen molar-refractivity contribution in [3.8, 4) is 34.9 Å². The van der Waals surface area contributed by atoms with Crippen molar-refractivity contribution in [2.45, 2.75) is 13.8 Å². The molecule has 330 valence electrons. The third-order valence-electron chi connectivity index (χ3n) is 15.0. The van der Waals surface area contributed by atoms with Crippen molar-refractivity contribution in [1.29, 1.82) is 10.5 Å². The standard InChI is InChI=1S/C64H38N6O/c1-37-33-38(2)58-48(34-37)46-31-32-47-45-23-9-16-30-57(45)71-64(47)63(46)70(58)62-50(36-66)60(68-53-26-12-5-19-41(53)42-20-6-13-27-54(42)68)59(67-51-24-10-3-17-39(51)40-18-4-11-25-52(40)67)49(35-65)61(62)69-55-28-14-7-21-43(55)44-22-8-15-29-56(44)69/h3-34H,1-2H3. The highest BCUT2D eigenvalue weighted by molar-refractivity contribution is 6.23. The maximum absolute atomic E-state index is 12.7. The van der Waals surface area contributed by atoms with Crippen LogP contribution >= 0.6 is 0 Å². The maximum atomic E-state index is 12.7. The molecule has 7 heteroatoms. The SMILES string of the molecule is Cc1cc(C)c2c(c1)c1ccc3c4ccccc4oc3c1n2-c1c(C#N)c(-n2c3ccccc3c3ccccc32)c(-n2c3ccccc3c3ccccc32)c(C#N)c1-n1c2ccccc2c2ccccc21. The minimum atomic E-state index is 0.399. The van der Waals surface area contributed by atoms with Crippen molar-refractivity contribution in [1.82, 2.24) is 18.3 Å². The number of fused-ring (bicyclic) bond motifs is 16. The van der Waals surface area contributed by atoms with Crippen LogP contribution in [-0.2, 0) is 0 Å². The Hall–Kier alpha value is -9.82. The second-order valence-corrected chi connectivity index (χ2v) is 18.7. The van der Waals surface area contributed by atoms with E-state index in [1.807, 2.05) is 18.2 Å². The molecule has 0 aliphatic heterocycles. The van der Waals surface area contributed by atoms with E-state index < -0.39 is 0 Å². The Bertz CT molecular complexity index is 4780. The summed E-state index contributed by atoms with van der Waals surface area (Å²) in [4.78, 5) is 0. The van der Waals surface area contributed by atoms with Gasteiger partial charge >= 0.3 is 0 Å². The summed E-state index contributed by atoms with van der Waals surface area (Å²) in [5.74, 6) is 0. The zero-order valence-electron chi connectivity index (χ0n) is 38.6. The largest absolute Gasteiger partial charge is 0.454 e. The highest BCUT2D eigenvalue weighted by Crippen LogP contribution is 2.50. The number of furan rings is 1. The molecule has 15 rings (SSSR count). The molecule has 0 saturated heterocycles. The number of aromatic nitrogens is 4. The molecule has 10 aromatic carbocycles. The Balaban J connectivity index is 1.30. The molecule has 0 amide bonds. The minimum absolute atomic E-state index is 0.399. The third kappa shape index (κ3) is 5.08. The van der Waals surface area contributed by atoms with Gasteiger partial charge in [0.05, 0.1) is 66.9 Å². The van der Waals surface area contributed by atoms with Crippen LogP contribution in [0.25, 0.3) is 132 Å². The van der Waals surface area contributed by atoms with Crippen LogP contribution in [0.3, 0.4) is 0 Å². The summed E-state index contributed by atoms with van der Waals surface area (Å²) < 4.78 is 16.0. The molecule has 0 atom stereocenters. The monoisotopic (exact) mass is 906 g/mol. The molecule has 0 bridgehead atoms. The van der Waals surface area contributed by atoms with Crippen LogP contribution in [0.1, 0.15) is 22.3 Å². The summed E-state index contributed by atoms with van der Waals surface area (Å²) in [6.07, 6.45) is 0. The Labute approximate surface area is 405 Å². The number of rotatable bonds is 4. The molecule has 0 saturated carbocycles. The van der Waals surface area contributed by atoms with Crippen LogP contribution in [-0.4, -0.2) is 18.3 Å². The van der Waals surface area contributed by atoms with Gasteiger partial charge in [0.1, 0.15) is 28.8 Å². The van der Waals surface area contributed by atoms with Gasteiger partial charge in [0.2, 0.25) is 0 Å². The van der Waals surface area contributed by atoms with Gasteiger partial charge in [-0.3, -0.25) is 0 Å². The molecule has 0 fully saturated rings. The van der Waals surface area contributed by atoms with E-state index >= 15 is 0 Å². The summed E-state index contributed by atoms with van der Waals surface area (Å²) in [6, 6.07) is 73.3. The lowest BCUT2D eigenvalue weighted by Gasteiger charge is -2.27. The average molecular weight is 907 g/mol. The smallest absolute Gasteiger partial charge is 0.160 e. The van der Waals surface area contributed by atoms with E-state index in [9.17, 15) is 10.5 Å². The fourth-order valence-corrected chi connectivity index (χ4v) is 12.3. The summed E-state index contributed by atoms with van der Waals surface area (Å²) >= 11 is 0. The first-order valence-electron chi connectivity index (χ1n) is 23.9. The Morgan fingerprint density at radius 2 is 0.690 bits per heavy atom. The van der Waals surface area contributed by atoms with Crippen LogP contribution in [0.15, 0.2) is 199 Å². The summed E-state index contributed by atoms with van der Waals surface area (Å²) in [5, 5.41) is 35.5. The first-order valence-corrected chi connectivity index (χ1v) is 23.9. The molecule has 0 radical (unpaired) electrons. The van der Waals surface area contributed by atoms with Gasteiger partial charge in [-0.05, 0) is 74.0 Å². The van der Waals surface area contributed by atoms with Crippen molar-refractivity contribution in [3.63, 3.8) is 0 Å². The molecule has 5 heterocycles. The van der Waals surface area contributed by atoms with Crippen molar-refractivity contribution in [3.05, 3.63) is 216 Å². The Kier molecular flexibility index (Phi) is 7.92. The van der Waals surface area contributed by atoms with E-state index in [0.717, 1.165) is 115 Å². The van der Waals surface area contributed by atoms with Gasteiger partial charge in [-0.25, -0.2) is 0 Å². The number of para-hydroxylation sites is 7. The van der Waals surface area contributed by atoms with Crippen molar-refractivity contribution in [2.24, 2.45) is 0 Å². The molecular formula is C64H38N6O. The zero-order valence-corrected chi connectivity index (χ0v) is 38.6. The van der Waals surface area contributed by atoms with E-state index in [2.05, 4.69) is 220 Å². The van der Waals surface area contributed by atoms with Crippen LogP contribution in [0.2, 0.25) is 0 Å². The molecule has 15 aromatic rings. The predicted molar refractivity (Wildman–Crippen MR) is 290 cm³/mol. The van der Waals surface area contributed by atoms with E-state index in [4.69, 9.17) is 4.42 Å². The number of aryl methyl sites for hydroxylation is 2. The fourth-order valence-electron chi connectivity index (χ4n) is 12.3. The van der Waals surface area contributed by atoms with Gasteiger partial charge in [-0.15, -0.1) is 0 Å². The normalized spacial score (nSPS) is 12.1. The van der Waals surface area contributed by atoms with Gasteiger partial charge in [0.25, 0.3) is 0 Å². The lowest BCUT2D eigenvalue weighted by Crippen LogP contribution is -2.17. The third-order valence-corrected chi connectivity index (χ3v) is 15.0. The topological polar surface area (TPSA) is 80.4 Å². The highest BCUT2D eigenvalue weighted by Gasteiger charge is 2.35. The Morgan fingerprint density at radius 3 is 1.10 bits per heavy atom.